The number of aromatic nitrogens is 2. The first-order valence-electron chi connectivity index (χ1n) is 8.67. The van der Waals surface area contributed by atoms with Crippen LogP contribution in [0.2, 0.25) is 0 Å². The second-order valence-electron chi connectivity index (χ2n) is 7.25. The van der Waals surface area contributed by atoms with Gasteiger partial charge in [0, 0.05) is 19.6 Å². The highest BCUT2D eigenvalue weighted by molar-refractivity contribution is 6.01. The Morgan fingerprint density at radius 2 is 1.85 bits per heavy atom. The lowest BCUT2D eigenvalue weighted by molar-refractivity contribution is -0.142. The number of Topliss-reactive ketones (excluding diaryl/α,β-unsaturated/α-hetero) is 1. The Labute approximate surface area is 151 Å². The van der Waals surface area contributed by atoms with Gasteiger partial charge in [0.1, 0.15) is 17.4 Å². The summed E-state index contributed by atoms with van der Waals surface area (Å²) in [5, 5.41) is 9.26. The summed E-state index contributed by atoms with van der Waals surface area (Å²) in [5.41, 5.74) is 4.42. The number of carboxylic acids is 1. The number of anilines is 1. The lowest BCUT2D eigenvalue weighted by Crippen LogP contribution is -2.47. The van der Waals surface area contributed by atoms with E-state index in [1.54, 1.807) is 4.90 Å². The molecule has 0 aromatic carbocycles. The molecule has 0 aliphatic heterocycles. The molecule has 9 heteroatoms. The number of hydrogen-bond acceptors (Lipinski definition) is 6. The van der Waals surface area contributed by atoms with Crippen LogP contribution in [0, 0.1) is 5.92 Å². The summed E-state index contributed by atoms with van der Waals surface area (Å²) in [6, 6.07) is -0.838. The van der Waals surface area contributed by atoms with Crippen LogP contribution in [-0.4, -0.2) is 49.5 Å². The van der Waals surface area contributed by atoms with E-state index in [9.17, 15) is 24.3 Å². The summed E-state index contributed by atoms with van der Waals surface area (Å²) in [7, 11) is 1.30. The van der Waals surface area contributed by atoms with Gasteiger partial charge >= 0.3 is 11.7 Å². The first kappa shape index (κ1) is 19.9. The molecule has 2 rings (SSSR count). The molecule has 1 heterocycles. The van der Waals surface area contributed by atoms with Crippen LogP contribution in [0.4, 0.5) is 5.82 Å². The molecule has 26 heavy (non-hydrogen) atoms. The fraction of sp³-hybridized carbons (Fsp3) is 0.647. The van der Waals surface area contributed by atoms with E-state index in [1.807, 2.05) is 13.8 Å². The fourth-order valence-corrected chi connectivity index (χ4v) is 2.96. The van der Waals surface area contributed by atoms with E-state index in [2.05, 4.69) is 0 Å². The zero-order chi connectivity index (χ0) is 19.8. The van der Waals surface area contributed by atoms with Gasteiger partial charge in [-0.15, -0.1) is 0 Å². The van der Waals surface area contributed by atoms with E-state index in [-0.39, 0.29) is 36.4 Å². The smallest absolute Gasteiger partial charge is 0.332 e. The van der Waals surface area contributed by atoms with Gasteiger partial charge in [-0.05, 0) is 25.7 Å². The quantitative estimate of drug-likeness (QED) is 0.615. The molecule has 0 bridgehead atoms. The van der Waals surface area contributed by atoms with Crippen molar-refractivity contribution in [3.8, 4) is 0 Å². The molecule has 1 aromatic rings. The number of rotatable bonds is 8. The number of aliphatic carboxylic acids is 1. The molecule has 0 spiro atoms. The Morgan fingerprint density at radius 3 is 2.31 bits per heavy atom. The molecule has 144 valence electrons. The van der Waals surface area contributed by atoms with Gasteiger partial charge < -0.3 is 10.8 Å². The highest BCUT2D eigenvalue weighted by Crippen LogP contribution is 2.29. The standard InChI is InChI=1S/C17H26N4O5/c1-9(2)7-21-14(18)13(15(23)19(4)17(21)26)12(22)8-20(11-5-6-11)10(3)16(24)25/h9-11H,5-8,18H2,1-4H3,(H,24,25). The Hall–Kier alpha value is -2.42. The van der Waals surface area contributed by atoms with Crippen LogP contribution >= 0.6 is 0 Å². The van der Waals surface area contributed by atoms with Gasteiger partial charge in [-0.3, -0.25) is 28.4 Å². The Bertz CT molecular complexity index is 835. The largest absolute Gasteiger partial charge is 0.480 e. The second-order valence-corrected chi connectivity index (χ2v) is 7.25. The number of ketones is 1. The van der Waals surface area contributed by atoms with Crippen LogP contribution < -0.4 is 17.0 Å². The van der Waals surface area contributed by atoms with E-state index in [0.717, 1.165) is 17.4 Å². The lowest BCUT2D eigenvalue weighted by atomic mass is 10.1. The van der Waals surface area contributed by atoms with Crippen molar-refractivity contribution < 1.29 is 14.7 Å². The Kier molecular flexibility index (Phi) is 5.70. The number of hydrogen-bond donors (Lipinski definition) is 2. The van der Waals surface area contributed by atoms with Gasteiger partial charge in [0.2, 0.25) is 0 Å². The molecule has 1 saturated carbocycles. The molecular weight excluding hydrogens is 340 g/mol. The maximum Gasteiger partial charge on any atom is 0.332 e. The van der Waals surface area contributed by atoms with Crippen molar-refractivity contribution in [3.05, 3.63) is 26.4 Å². The van der Waals surface area contributed by atoms with Crippen molar-refractivity contribution in [1.82, 2.24) is 14.0 Å². The third kappa shape index (κ3) is 3.87. The third-order valence-corrected chi connectivity index (χ3v) is 4.61. The maximum absolute atomic E-state index is 12.8. The van der Waals surface area contributed by atoms with E-state index < -0.39 is 29.0 Å². The van der Waals surface area contributed by atoms with Crippen molar-refractivity contribution in [2.24, 2.45) is 13.0 Å². The summed E-state index contributed by atoms with van der Waals surface area (Å²) < 4.78 is 2.09. The lowest BCUT2D eigenvalue weighted by Gasteiger charge is -2.25. The van der Waals surface area contributed by atoms with Gasteiger partial charge in [-0.1, -0.05) is 13.8 Å². The fourth-order valence-electron chi connectivity index (χ4n) is 2.96. The molecule has 1 aliphatic carbocycles. The SMILES string of the molecule is CC(C)Cn1c(N)c(C(=O)CN(C2CC2)C(C)C(=O)O)c(=O)n(C)c1=O. The number of nitrogens with zero attached hydrogens (tertiary/aromatic N) is 3. The molecule has 0 radical (unpaired) electrons. The molecule has 1 atom stereocenters. The minimum Gasteiger partial charge on any atom is -0.480 e. The molecule has 0 amide bonds. The van der Waals surface area contributed by atoms with Crippen LogP contribution in [0.3, 0.4) is 0 Å². The Morgan fingerprint density at radius 1 is 1.27 bits per heavy atom. The first-order valence-corrected chi connectivity index (χ1v) is 8.67. The van der Waals surface area contributed by atoms with Crippen molar-refractivity contribution in [3.63, 3.8) is 0 Å². The predicted octanol–water partition coefficient (Wildman–Crippen LogP) is -0.0946. The number of nitrogens with two attached hydrogens (primary N) is 1. The Balaban J connectivity index is 2.45. The van der Waals surface area contributed by atoms with Gasteiger partial charge in [-0.25, -0.2) is 4.79 Å². The van der Waals surface area contributed by atoms with Crippen molar-refractivity contribution in [2.75, 3.05) is 12.3 Å². The third-order valence-electron chi connectivity index (χ3n) is 4.61. The van der Waals surface area contributed by atoms with E-state index >= 15 is 0 Å². The topological polar surface area (TPSA) is 128 Å². The van der Waals surface area contributed by atoms with Crippen LogP contribution in [0.5, 0.6) is 0 Å². The number of carbonyl (C=O) groups is 2. The van der Waals surface area contributed by atoms with Crippen LogP contribution in [0.25, 0.3) is 0 Å². The monoisotopic (exact) mass is 366 g/mol. The molecule has 0 saturated heterocycles. The van der Waals surface area contributed by atoms with Gasteiger partial charge in [0.05, 0.1) is 6.54 Å². The van der Waals surface area contributed by atoms with Gasteiger partial charge in [0.25, 0.3) is 5.56 Å². The molecular formula is C17H26N4O5. The minimum absolute atomic E-state index is 0.0108. The zero-order valence-electron chi connectivity index (χ0n) is 15.6. The van der Waals surface area contributed by atoms with Crippen LogP contribution in [-0.2, 0) is 18.4 Å². The van der Waals surface area contributed by atoms with E-state index in [0.29, 0.717) is 0 Å². The predicted molar refractivity (Wildman–Crippen MR) is 96.3 cm³/mol. The van der Waals surface area contributed by atoms with Crippen molar-refractivity contribution >= 4 is 17.6 Å². The van der Waals surface area contributed by atoms with Crippen LogP contribution in [0.1, 0.15) is 44.0 Å². The number of carboxylic acid groups (broad SMARTS) is 1. The molecule has 1 aliphatic rings. The summed E-state index contributed by atoms with van der Waals surface area (Å²) >= 11 is 0. The summed E-state index contributed by atoms with van der Waals surface area (Å²) in [6.45, 7) is 5.34. The molecule has 1 unspecified atom stereocenters. The summed E-state index contributed by atoms with van der Waals surface area (Å²) in [4.78, 5) is 50.5. The maximum atomic E-state index is 12.8. The zero-order valence-corrected chi connectivity index (χ0v) is 15.6. The average molecular weight is 366 g/mol. The first-order chi connectivity index (χ1) is 12.1. The van der Waals surface area contributed by atoms with E-state index in [1.165, 1.54) is 18.5 Å². The minimum atomic E-state index is -1.03. The van der Waals surface area contributed by atoms with Gasteiger partial charge in [0.15, 0.2) is 5.78 Å². The highest BCUT2D eigenvalue weighted by atomic mass is 16.4. The second kappa shape index (κ2) is 7.45. The molecule has 1 aromatic heterocycles. The normalized spacial score (nSPS) is 15.5. The summed E-state index contributed by atoms with van der Waals surface area (Å²) in [6.07, 6.45) is 1.62. The molecule has 3 N–H and O–H groups in total. The average Bonchev–Trinajstić information content (AvgIpc) is 3.38. The number of carbonyl (C=O) groups excluding carboxylic acids is 1. The van der Waals surface area contributed by atoms with Gasteiger partial charge in [-0.2, -0.15) is 0 Å². The molecule has 9 nitrogen and oxygen atoms in total. The van der Waals surface area contributed by atoms with Crippen LogP contribution in [0.15, 0.2) is 9.59 Å². The summed E-state index contributed by atoms with van der Waals surface area (Å²) in [5.74, 6) is -1.67. The highest BCUT2D eigenvalue weighted by Gasteiger charge is 2.37. The van der Waals surface area contributed by atoms with Crippen molar-refractivity contribution in [1.29, 1.82) is 0 Å². The molecule has 1 fully saturated rings. The van der Waals surface area contributed by atoms with Crippen molar-refractivity contribution in [2.45, 2.75) is 52.2 Å². The van der Waals surface area contributed by atoms with E-state index in [4.69, 9.17) is 5.73 Å². The number of nitrogen functional groups attached to an aromatic ring is 1.